The number of aliphatic hydroxyl groups excluding tert-OH is 1. The summed E-state index contributed by atoms with van der Waals surface area (Å²) in [6.45, 7) is 19.4. The number of amides is 1. The van der Waals surface area contributed by atoms with Crippen molar-refractivity contribution in [2.45, 2.75) is 118 Å². The molecule has 1 spiro atoms. The largest absolute Gasteiger partial charge is 0.507 e. The molecule has 66 heavy (non-hydrogen) atoms. The number of likely N-dealkylation sites (N-methyl/N-ethyl adjacent to an activating group) is 1. The summed E-state index contributed by atoms with van der Waals surface area (Å²) in [6, 6.07) is 0. The van der Waals surface area contributed by atoms with Crippen molar-refractivity contribution in [1.82, 2.24) is 20.9 Å². The van der Waals surface area contributed by atoms with Crippen LogP contribution < -0.4 is 20.7 Å². The van der Waals surface area contributed by atoms with Gasteiger partial charge in [0, 0.05) is 93.8 Å². The summed E-state index contributed by atoms with van der Waals surface area (Å²) in [6.07, 6.45) is 5.08. The lowest BCUT2D eigenvalue weighted by atomic mass is 9.78. The van der Waals surface area contributed by atoms with Gasteiger partial charge < -0.3 is 54.7 Å². The fourth-order valence-corrected chi connectivity index (χ4v) is 9.81. The molecule has 0 radical (unpaired) electrons. The van der Waals surface area contributed by atoms with Gasteiger partial charge in [0.1, 0.15) is 35.1 Å². The van der Waals surface area contributed by atoms with Gasteiger partial charge in [0.15, 0.2) is 0 Å². The van der Waals surface area contributed by atoms with Crippen LogP contribution in [0.4, 0.5) is 0 Å². The Kier molecular flexibility index (Phi) is 15.1. The first-order valence-electron chi connectivity index (χ1n) is 22.8. The zero-order valence-corrected chi connectivity index (χ0v) is 40.2. The SMILES string of the molecule is CNCC(=O)O[C@@H]1[C@@H](C)[C@@H](O)[C@@H](C)[C@H](OC(C)=O)[C@H](C)[C@@H](OC)/C=C/O[C@@]2(C)Oc3c(C)c(O)c4c(c3C2=O)C2=NC3(CCN(CC(C)C)CC3)NC2=C(NC(=O)/C(C)=C\C=C\[C@@H]1C)C4=O. The first-order valence-corrected chi connectivity index (χ1v) is 22.8. The quantitative estimate of drug-likeness (QED) is 0.240. The molecule has 0 aromatic heterocycles. The number of phenolic OH excluding ortho intramolecular Hbond substituents is 1. The molecule has 0 saturated carbocycles. The van der Waals surface area contributed by atoms with E-state index in [1.807, 2.05) is 6.92 Å². The Morgan fingerprint density at radius 2 is 1.65 bits per heavy atom. The molecule has 5 N–H and O–H groups in total. The van der Waals surface area contributed by atoms with E-state index in [2.05, 4.69) is 34.7 Å². The lowest BCUT2D eigenvalue weighted by molar-refractivity contribution is -0.164. The molecule has 7 rings (SSSR count). The summed E-state index contributed by atoms with van der Waals surface area (Å²) >= 11 is 0. The van der Waals surface area contributed by atoms with Crippen LogP contribution in [0.15, 0.2) is 52.5 Å². The minimum absolute atomic E-state index is 0.00511. The molecular formula is C49H67N5O12. The molecule has 1 aromatic rings. The van der Waals surface area contributed by atoms with Crippen molar-refractivity contribution in [3.63, 3.8) is 0 Å². The number of Topliss-reactive ketones (excluding diaryl/α,β-unsaturated/α-hetero) is 2. The van der Waals surface area contributed by atoms with Gasteiger partial charge in [0.25, 0.3) is 11.7 Å². The molecule has 1 saturated heterocycles. The average molecular weight is 918 g/mol. The van der Waals surface area contributed by atoms with E-state index in [4.69, 9.17) is 28.7 Å². The third-order valence-electron chi connectivity index (χ3n) is 13.5. The van der Waals surface area contributed by atoms with Gasteiger partial charge >= 0.3 is 17.7 Å². The molecule has 5 heterocycles. The second-order valence-electron chi connectivity index (χ2n) is 19.0. The average Bonchev–Trinajstić information content (AvgIpc) is 3.76. The number of likely N-dealkylation sites (tertiary alicyclic amines) is 1. The van der Waals surface area contributed by atoms with E-state index in [-0.39, 0.29) is 57.2 Å². The number of rotatable bonds is 7. The summed E-state index contributed by atoms with van der Waals surface area (Å²) in [5.74, 6) is -7.61. The molecule has 17 heteroatoms. The number of nitrogens with zero attached hydrogens (tertiary/aromatic N) is 2. The van der Waals surface area contributed by atoms with E-state index in [1.54, 1.807) is 53.0 Å². The van der Waals surface area contributed by atoms with Gasteiger partial charge in [-0.25, -0.2) is 0 Å². The minimum atomic E-state index is -1.99. The van der Waals surface area contributed by atoms with E-state index in [1.165, 1.54) is 40.2 Å². The molecule has 6 aliphatic rings. The summed E-state index contributed by atoms with van der Waals surface area (Å²) in [7, 11) is 3.07. The number of ketones is 2. The maximum atomic E-state index is 14.8. The number of ether oxygens (including phenoxy) is 5. The number of benzene rings is 1. The van der Waals surface area contributed by atoms with E-state index in [0.29, 0.717) is 31.8 Å². The fraction of sp³-hybridized carbons (Fsp3) is 0.592. The van der Waals surface area contributed by atoms with Gasteiger partial charge in [-0.3, -0.25) is 29.0 Å². The topological polar surface area (TPSA) is 224 Å². The van der Waals surface area contributed by atoms with Crippen LogP contribution in [0.5, 0.6) is 11.5 Å². The van der Waals surface area contributed by atoms with Crippen molar-refractivity contribution in [3.8, 4) is 11.5 Å². The van der Waals surface area contributed by atoms with Crippen molar-refractivity contribution in [1.29, 1.82) is 0 Å². The Labute approximate surface area is 387 Å². The predicted octanol–water partition coefficient (Wildman–Crippen LogP) is 4.39. The number of esters is 2. The number of piperidine rings is 1. The van der Waals surface area contributed by atoms with Gasteiger partial charge in [-0.05, 0) is 32.9 Å². The van der Waals surface area contributed by atoms with Crippen LogP contribution in [0.25, 0.3) is 0 Å². The maximum Gasteiger partial charge on any atom is 0.320 e. The molecule has 1 aromatic carbocycles. The zero-order chi connectivity index (χ0) is 48.6. The molecule has 17 nitrogen and oxygen atoms in total. The van der Waals surface area contributed by atoms with Crippen LogP contribution in [0, 0.1) is 36.5 Å². The highest BCUT2D eigenvalue weighted by Gasteiger charge is 2.54. The monoisotopic (exact) mass is 917 g/mol. The lowest BCUT2D eigenvalue weighted by Crippen LogP contribution is -2.50. The Bertz CT molecular complexity index is 2270. The van der Waals surface area contributed by atoms with Crippen LogP contribution in [-0.4, -0.2) is 126 Å². The summed E-state index contributed by atoms with van der Waals surface area (Å²) < 4.78 is 30.1. The Morgan fingerprint density at radius 3 is 2.27 bits per heavy atom. The first kappa shape index (κ1) is 50.1. The highest BCUT2D eigenvalue weighted by atomic mass is 16.7. The molecular weight excluding hydrogens is 851 g/mol. The first-order chi connectivity index (χ1) is 31.1. The van der Waals surface area contributed by atoms with Crippen molar-refractivity contribution < 1.29 is 57.9 Å². The Hall–Kier alpha value is -5.36. The highest BCUT2D eigenvalue weighted by molar-refractivity contribution is 6.34. The molecule has 0 unspecified atom stereocenters. The number of aliphatic imine (C=N–C) groups is 1. The number of hydrogen-bond donors (Lipinski definition) is 5. The van der Waals surface area contributed by atoms with Crippen LogP contribution in [0.2, 0.25) is 0 Å². The number of allylic oxidation sites excluding steroid dienone is 4. The van der Waals surface area contributed by atoms with E-state index in [9.17, 15) is 34.2 Å². The number of phenols is 1. The zero-order valence-electron chi connectivity index (χ0n) is 40.2. The molecule has 1 aliphatic carbocycles. The fourth-order valence-electron chi connectivity index (χ4n) is 9.81. The second-order valence-corrected chi connectivity index (χ2v) is 19.0. The number of nitrogens with one attached hydrogen (secondary N) is 3. The smallest absolute Gasteiger partial charge is 0.320 e. The third kappa shape index (κ3) is 9.71. The van der Waals surface area contributed by atoms with Crippen LogP contribution in [0.3, 0.4) is 0 Å². The summed E-state index contributed by atoms with van der Waals surface area (Å²) in [4.78, 5) is 76.8. The summed E-state index contributed by atoms with van der Waals surface area (Å²) in [5.41, 5.74) is -0.333. The van der Waals surface area contributed by atoms with E-state index < -0.39 is 94.7 Å². The number of hydrogen-bond acceptors (Lipinski definition) is 16. The van der Waals surface area contributed by atoms with Crippen molar-refractivity contribution in [3.05, 3.63) is 69.8 Å². The number of carbonyl (C=O) groups excluding carboxylic acids is 5. The van der Waals surface area contributed by atoms with Crippen molar-refractivity contribution in [2.24, 2.45) is 34.6 Å². The second kappa shape index (κ2) is 19.9. The van der Waals surface area contributed by atoms with Gasteiger partial charge in [-0.1, -0.05) is 59.8 Å². The van der Waals surface area contributed by atoms with Gasteiger partial charge in [0.05, 0.1) is 47.6 Å². The number of aliphatic hydroxyl groups is 1. The standard InChI is InChI=1S/C49H67N5O12/c1-24(2)23-54-19-17-49(18-20-54)52-37-34-35-41(58)30(8)45-36(34)46(60)48(10,66-45)63-21-16-32(62-12)27(5)44(64-31(9)55)29(7)40(57)28(6)43(65-33(56)22-50-11)25(3)14-13-15-26(4)47(61)51-39(42(35)59)38(37)53-49/h13-16,21,24-25,27-29,32,40,43-44,50,53,57-58H,17-20,22-23H2,1-12H3,(H,51,61)/b14-13+,21-16+,26-15-/t25-,27+,28-,29+,32-,40+,43-,44+,48-/m0/s1. The number of aromatic hydroxyl groups is 1. The predicted molar refractivity (Wildman–Crippen MR) is 245 cm³/mol. The summed E-state index contributed by atoms with van der Waals surface area (Å²) in [5, 5.41) is 32.9. The molecule has 5 bridgehead atoms. The third-order valence-corrected chi connectivity index (χ3v) is 13.5. The van der Waals surface area contributed by atoms with Crippen LogP contribution in [-0.2, 0) is 33.3 Å². The van der Waals surface area contributed by atoms with E-state index >= 15 is 0 Å². The molecule has 9 atom stereocenters. The minimum Gasteiger partial charge on any atom is -0.507 e. The Morgan fingerprint density at radius 1 is 0.985 bits per heavy atom. The highest BCUT2D eigenvalue weighted by Crippen LogP contribution is 2.50. The maximum absolute atomic E-state index is 14.8. The molecule has 360 valence electrons. The van der Waals surface area contributed by atoms with Gasteiger partial charge in [-0.15, -0.1) is 0 Å². The number of fused-ring (bicyclic) bond motifs is 13. The number of carbonyl (C=O) groups is 5. The molecule has 1 fully saturated rings. The Balaban J connectivity index is 1.50. The normalized spacial score (nSPS) is 32.1. The van der Waals surface area contributed by atoms with Crippen molar-refractivity contribution in [2.75, 3.05) is 40.3 Å². The number of methoxy groups -OCH3 is 1. The van der Waals surface area contributed by atoms with E-state index in [0.717, 1.165) is 6.54 Å². The lowest BCUT2D eigenvalue weighted by Gasteiger charge is -2.39. The molecule has 1 amide bonds. The van der Waals surface area contributed by atoms with Crippen LogP contribution >= 0.6 is 0 Å². The van der Waals surface area contributed by atoms with Crippen molar-refractivity contribution >= 4 is 35.1 Å². The van der Waals surface area contributed by atoms with Crippen LogP contribution in [0.1, 0.15) is 107 Å². The molecule has 5 aliphatic heterocycles. The van der Waals surface area contributed by atoms with Gasteiger partial charge in [-0.2, -0.15) is 0 Å². The van der Waals surface area contributed by atoms with Gasteiger partial charge in [0.2, 0.25) is 5.78 Å².